The number of methoxy groups -OCH3 is 1. The van der Waals surface area contributed by atoms with Crippen LogP contribution >= 0.6 is 0 Å². The number of benzene rings is 2. The van der Waals surface area contributed by atoms with Gasteiger partial charge in [0, 0.05) is 45.2 Å². The van der Waals surface area contributed by atoms with Crippen molar-refractivity contribution in [3.8, 4) is 5.75 Å². The number of anilines is 1. The van der Waals surface area contributed by atoms with Crippen molar-refractivity contribution in [3.05, 3.63) is 53.6 Å². The second-order valence-electron chi connectivity index (χ2n) is 9.29. The minimum atomic E-state index is -0.384. The molecule has 3 amide bonds. The number of amides is 3. The summed E-state index contributed by atoms with van der Waals surface area (Å²) < 4.78 is 10.8. The Bertz CT molecular complexity index is 1220. The fourth-order valence-corrected chi connectivity index (χ4v) is 4.77. The van der Waals surface area contributed by atoms with E-state index in [1.165, 1.54) is 4.90 Å². The van der Waals surface area contributed by atoms with Crippen LogP contribution in [0.1, 0.15) is 30.5 Å². The van der Waals surface area contributed by atoms with E-state index in [2.05, 4.69) is 41.1 Å². The van der Waals surface area contributed by atoms with Crippen molar-refractivity contribution in [1.82, 2.24) is 19.9 Å². The summed E-state index contributed by atoms with van der Waals surface area (Å²) in [6.07, 6.45) is 0.230. The summed E-state index contributed by atoms with van der Waals surface area (Å²) in [5.74, 6) is 0.992. The molecule has 184 valence electrons. The van der Waals surface area contributed by atoms with Crippen LogP contribution in [0.5, 0.6) is 5.75 Å². The van der Waals surface area contributed by atoms with Gasteiger partial charge in [0.1, 0.15) is 5.75 Å². The molecule has 2 aliphatic heterocycles. The van der Waals surface area contributed by atoms with Crippen molar-refractivity contribution in [3.63, 3.8) is 0 Å². The highest BCUT2D eigenvalue weighted by molar-refractivity contribution is 6.08. The molecule has 1 aromatic heterocycles. The van der Waals surface area contributed by atoms with Gasteiger partial charge >= 0.3 is 6.03 Å². The third kappa shape index (κ3) is 4.61. The zero-order valence-corrected chi connectivity index (χ0v) is 20.4. The van der Waals surface area contributed by atoms with E-state index in [0.717, 1.165) is 48.4 Å². The Morgan fingerprint density at radius 2 is 1.77 bits per heavy atom. The molecule has 0 bridgehead atoms. The molecule has 2 saturated heterocycles. The highest BCUT2D eigenvalue weighted by Gasteiger charge is 2.35. The average Bonchev–Trinajstić information content (AvgIpc) is 3.30. The van der Waals surface area contributed by atoms with Gasteiger partial charge in [-0.1, -0.05) is 23.4 Å². The molecule has 3 heterocycles. The number of likely N-dealkylation sites (N-methyl/N-ethyl adjacent to an activating group) is 1. The van der Waals surface area contributed by atoms with E-state index in [9.17, 15) is 9.59 Å². The third-order valence-electron chi connectivity index (χ3n) is 7.11. The van der Waals surface area contributed by atoms with Crippen LogP contribution in [-0.4, -0.2) is 78.7 Å². The van der Waals surface area contributed by atoms with Gasteiger partial charge in [0.2, 0.25) is 5.91 Å². The minimum absolute atomic E-state index is 0.194. The predicted molar refractivity (Wildman–Crippen MR) is 132 cm³/mol. The number of aromatic nitrogens is 1. The fourth-order valence-electron chi connectivity index (χ4n) is 4.77. The summed E-state index contributed by atoms with van der Waals surface area (Å²) in [6.45, 7) is 6.80. The van der Waals surface area contributed by atoms with E-state index >= 15 is 0 Å². The Balaban J connectivity index is 1.39. The highest BCUT2D eigenvalue weighted by Crippen LogP contribution is 2.33. The molecule has 9 nitrogen and oxygen atoms in total. The number of hydrogen-bond donors (Lipinski definition) is 0. The van der Waals surface area contributed by atoms with E-state index in [4.69, 9.17) is 9.26 Å². The van der Waals surface area contributed by atoms with Crippen LogP contribution < -0.4 is 9.64 Å². The van der Waals surface area contributed by atoms with Crippen LogP contribution in [0.2, 0.25) is 0 Å². The SMILES string of the molecule is COc1ccc(CN2C(=O)CCN(c3noc4ccc(C(C)N5CCN(C)CC5)cc34)C2=O)cc1. The van der Waals surface area contributed by atoms with Gasteiger partial charge in [-0.15, -0.1) is 0 Å². The first-order chi connectivity index (χ1) is 16.9. The number of urea groups is 1. The van der Waals surface area contributed by atoms with Crippen molar-refractivity contribution in [1.29, 1.82) is 0 Å². The standard InChI is InChI=1S/C26H31N5O4/c1-18(29-14-12-28(2)13-15-29)20-6-9-23-22(16-20)25(27-35-23)30-11-10-24(32)31(26(30)33)17-19-4-7-21(34-3)8-5-19/h4-9,16,18H,10-15,17H2,1-3H3. The molecule has 2 aliphatic rings. The number of piperazine rings is 1. The average molecular weight is 478 g/mol. The number of rotatable bonds is 6. The Morgan fingerprint density at radius 1 is 1.03 bits per heavy atom. The normalized spacial score (nSPS) is 18.9. The Hall–Kier alpha value is -3.43. The van der Waals surface area contributed by atoms with Gasteiger partial charge in [-0.05, 0) is 49.4 Å². The van der Waals surface area contributed by atoms with Gasteiger partial charge in [0.05, 0.1) is 19.0 Å². The monoisotopic (exact) mass is 477 g/mol. The fraction of sp³-hybridized carbons (Fsp3) is 0.423. The van der Waals surface area contributed by atoms with Gasteiger partial charge < -0.3 is 14.2 Å². The van der Waals surface area contributed by atoms with E-state index < -0.39 is 0 Å². The molecule has 5 rings (SSSR count). The largest absolute Gasteiger partial charge is 0.497 e. The number of ether oxygens (including phenoxy) is 1. The molecule has 35 heavy (non-hydrogen) atoms. The predicted octanol–water partition coefficient (Wildman–Crippen LogP) is 3.50. The zero-order chi connectivity index (χ0) is 24.5. The lowest BCUT2D eigenvalue weighted by atomic mass is 10.0. The number of imide groups is 1. The van der Waals surface area contributed by atoms with Gasteiger partial charge in [0.25, 0.3) is 0 Å². The molecule has 2 aromatic carbocycles. The van der Waals surface area contributed by atoms with Crippen LogP contribution in [0.4, 0.5) is 10.6 Å². The van der Waals surface area contributed by atoms with Gasteiger partial charge in [-0.2, -0.15) is 0 Å². The topological polar surface area (TPSA) is 82.4 Å². The van der Waals surface area contributed by atoms with Crippen molar-refractivity contribution >= 4 is 28.7 Å². The maximum Gasteiger partial charge on any atom is 0.332 e. The number of fused-ring (bicyclic) bond motifs is 1. The minimum Gasteiger partial charge on any atom is -0.497 e. The van der Waals surface area contributed by atoms with E-state index in [0.29, 0.717) is 11.4 Å². The number of hydrogen-bond acceptors (Lipinski definition) is 7. The summed E-state index contributed by atoms with van der Waals surface area (Å²) in [7, 11) is 3.75. The molecule has 0 spiro atoms. The molecule has 1 unspecified atom stereocenters. The summed E-state index contributed by atoms with van der Waals surface area (Å²) in [6, 6.07) is 13.3. The van der Waals surface area contributed by atoms with E-state index in [-0.39, 0.29) is 37.5 Å². The summed E-state index contributed by atoms with van der Waals surface area (Å²) >= 11 is 0. The Morgan fingerprint density at radius 3 is 2.49 bits per heavy atom. The first-order valence-corrected chi connectivity index (χ1v) is 12.0. The van der Waals surface area contributed by atoms with Crippen LogP contribution in [0.25, 0.3) is 11.0 Å². The molecule has 3 aromatic rings. The van der Waals surface area contributed by atoms with Crippen molar-refractivity contribution in [2.75, 3.05) is 51.8 Å². The van der Waals surface area contributed by atoms with E-state index in [1.54, 1.807) is 12.0 Å². The molecular weight excluding hydrogens is 446 g/mol. The Labute approximate surface area is 204 Å². The molecule has 0 N–H and O–H groups in total. The number of nitrogens with zero attached hydrogens (tertiary/aromatic N) is 5. The quantitative estimate of drug-likeness (QED) is 0.537. The molecule has 1 atom stereocenters. The van der Waals surface area contributed by atoms with Crippen molar-refractivity contribution < 1.29 is 18.8 Å². The Kier molecular flexibility index (Phi) is 6.44. The number of carbonyl (C=O) groups excluding carboxylic acids is 2. The smallest absolute Gasteiger partial charge is 0.332 e. The molecule has 0 aliphatic carbocycles. The van der Waals surface area contributed by atoms with Gasteiger partial charge in [0.15, 0.2) is 11.4 Å². The van der Waals surface area contributed by atoms with Crippen LogP contribution in [-0.2, 0) is 11.3 Å². The molecule has 2 fully saturated rings. The lowest BCUT2D eigenvalue weighted by molar-refractivity contribution is -0.129. The third-order valence-corrected chi connectivity index (χ3v) is 7.11. The molecule has 0 radical (unpaired) electrons. The highest BCUT2D eigenvalue weighted by atomic mass is 16.5. The molecular formula is C26H31N5O4. The van der Waals surface area contributed by atoms with Crippen LogP contribution in [0.15, 0.2) is 47.0 Å². The van der Waals surface area contributed by atoms with Crippen LogP contribution in [0.3, 0.4) is 0 Å². The maximum atomic E-state index is 13.4. The first-order valence-electron chi connectivity index (χ1n) is 12.0. The number of carbonyl (C=O) groups is 2. The molecule has 0 saturated carbocycles. The summed E-state index contributed by atoms with van der Waals surface area (Å²) in [5.41, 5.74) is 2.63. The second-order valence-corrected chi connectivity index (χ2v) is 9.29. The first kappa shape index (κ1) is 23.3. The van der Waals surface area contributed by atoms with Crippen molar-refractivity contribution in [2.24, 2.45) is 0 Å². The molecule has 9 heteroatoms. The second kappa shape index (κ2) is 9.67. The lowest BCUT2D eigenvalue weighted by Gasteiger charge is -2.36. The zero-order valence-electron chi connectivity index (χ0n) is 20.4. The summed E-state index contributed by atoms with van der Waals surface area (Å²) in [4.78, 5) is 33.7. The van der Waals surface area contributed by atoms with Gasteiger partial charge in [-0.3, -0.25) is 19.5 Å². The lowest BCUT2D eigenvalue weighted by Crippen LogP contribution is -2.52. The maximum absolute atomic E-state index is 13.4. The van der Waals surface area contributed by atoms with Crippen LogP contribution in [0, 0.1) is 0 Å². The van der Waals surface area contributed by atoms with Gasteiger partial charge in [-0.25, -0.2) is 4.79 Å². The van der Waals surface area contributed by atoms with E-state index in [1.807, 2.05) is 30.3 Å². The van der Waals surface area contributed by atoms with Crippen molar-refractivity contribution in [2.45, 2.75) is 25.9 Å². The summed E-state index contributed by atoms with van der Waals surface area (Å²) in [5, 5.41) is 5.02.